The summed E-state index contributed by atoms with van der Waals surface area (Å²) in [7, 11) is -4.32. The third-order valence-electron chi connectivity index (χ3n) is 6.56. The molecule has 0 aromatic carbocycles. The van der Waals surface area contributed by atoms with Crippen LogP contribution in [0.25, 0.3) is 0 Å². The molecule has 0 aromatic heterocycles. The van der Waals surface area contributed by atoms with E-state index in [-0.39, 0.29) is 18.2 Å². The fourth-order valence-electron chi connectivity index (χ4n) is 4.76. The molecule has 0 bridgehead atoms. The molecule has 0 spiro atoms. The van der Waals surface area contributed by atoms with Gasteiger partial charge in [-0.15, -0.1) is 0 Å². The van der Waals surface area contributed by atoms with E-state index in [1.165, 1.54) is 4.90 Å². The highest BCUT2D eigenvalue weighted by atomic mass is 32.2. The molecule has 1 aliphatic carbocycles. The van der Waals surface area contributed by atoms with Gasteiger partial charge in [0.2, 0.25) is 11.8 Å². The number of amides is 4. The van der Waals surface area contributed by atoms with Crippen LogP contribution in [0, 0.1) is 5.92 Å². The van der Waals surface area contributed by atoms with Crippen molar-refractivity contribution in [3.63, 3.8) is 0 Å². The molecule has 2 heterocycles. The maximum atomic E-state index is 13.5. The van der Waals surface area contributed by atoms with Gasteiger partial charge in [0.1, 0.15) is 23.2 Å². The van der Waals surface area contributed by atoms with Gasteiger partial charge in [-0.2, -0.15) is 8.42 Å². The first-order valence-corrected chi connectivity index (χ1v) is 13.9. The average Bonchev–Trinajstić information content (AvgIpc) is 3.20. The van der Waals surface area contributed by atoms with Crippen LogP contribution in [0.4, 0.5) is 4.79 Å². The standard InChI is InChI=1S/C23H37N5O7S/c1-22(2,3)35-21(32)25-16-11-8-6-4-5-7-10-15-14-23(15,20(31)27-36(24,33)34)26-18(29)17-12-9-13-28(17)19(16)30/h7,10,15-17H,4-6,8-9,11-14H2,1-3H3,(H,25,32)(H,26,29)(H,27,31)(H2,24,33,34)/b10-7-. The second-order valence-electron chi connectivity index (χ2n) is 10.7. The van der Waals surface area contributed by atoms with E-state index in [1.54, 1.807) is 25.5 Å². The third-order valence-corrected chi connectivity index (χ3v) is 7.03. The average molecular weight is 528 g/mol. The SMILES string of the molecule is CC(C)(C)OC(=O)NC1CCCCC/C=C\C2CC2(C(=O)NS(N)(=O)=O)NC(=O)C2CCCN2C1=O. The molecular formula is C23H37N5O7S. The number of carbonyl (C=O) groups excluding carboxylic acids is 4. The van der Waals surface area contributed by atoms with Crippen LogP contribution in [0.1, 0.15) is 72.1 Å². The number of hydrogen-bond donors (Lipinski definition) is 4. The zero-order chi connectivity index (χ0) is 26.7. The normalized spacial score (nSPS) is 30.6. The monoisotopic (exact) mass is 527 g/mol. The van der Waals surface area contributed by atoms with Crippen LogP contribution in [0.5, 0.6) is 0 Å². The molecule has 12 nitrogen and oxygen atoms in total. The van der Waals surface area contributed by atoms with Crippen LogP contribution in [0.3, 0.4) is 0 Å². The topological polar surface area (TPSA) is 177 Å². The maximum absolute atomic E-state index is 13.5. The Bertz CT molecular complexity index is 1020. The van der Waals surface area contributed by atoms with E-state index in [2.05, 4.69) is 10.6 Å². The van der Waals surface area contributed by atoms with Crippen LogP contribution >= 0.6 is 0 Å². The highest BCUT2D eigenvalue weighted by Crippen LogP contribution is 2.45. The Kier molecular flexibility index (Phi) is 8.33. The Morgan fingerprint density at radius 2 is 1.89 bits per heavy atom. The van der Waals surface area contributed by atoms with E-state index in [0.717, 1.165) is 12.8 Å². The summed E-state index contributed by atoms with van der Waals surface area (Å²) >= 11 is 0. The van der Waals surface area contributed by atoms with E-state index in [1.807, 2.05) is 12.2 Å². The van der Waals surface area contributed by atoms with Gasteiger partial charge in [-0.1, -0.05) is 25.0 Å². The van der Waals surface area contributed by atoms with Gasteiger partial charge in [0, 0.05) is 12.5 Å². The Labute approximate surface area is 211 Å². The molecule has 3 aliphatic rings. The van der Waals surface area contributed by atoms with Crippen molar-refractivity contribution in [2.24, 2.45) is 11.1 Å². The van der Waals surface area contributed by atoms with Gasteiger partial charge in [-0.25, -0.2) is 14.7 Å². The Balaban J connectivity index is 1.83. The Morgan fingerprint density at radius 1 is 1.17 bits per heavy atom. The molecular weight excluding hydrogens is 490 g/mol. The first-order chi connectivity index (χ1) is 16.7. The summed E-state index contributed by atoms with van der Waals surface area (Å²) in [6.07, 6.45) is 7.63. The highest BCUT2D eigenvalue weighted by Gasteiger charge is 2.61. The smallest absolute Gasteiger partial charge is 0.408 e. The summed E-state index contributed by atoms with van der Waals surface area (Å²) in [5, 5.41) is 10.4. The zero-order valence-corrected chi connectivity index (χ0v) is 21.9. The lowest BCUT2D eigenvalue weighted by Gasteiger charge is -2.30. The lowest BCUT2D eigenvalue weighted by Crippen LogP contribution is -2.58. The van der Waals surface area contributed by atoms with Gasteiger partial charge >= 0.3 is 6.09 Å². The third kappa shape index (κ3) is 7.19. The summed E-state index contributed by atoms with van der Waals surface area (Å²) < 4.78 is 30.1. The molecule has 2 aliphatic heterocycles. The van der Waals surface area contributed by atoms with Crippen molar-refractivity contribution in [1.82, 2.24) is 20.3 Å². The van der Waals surface area contributed by atoms with E-state index >= 15 is 0 Å². The second-order valence-corrected chi connectivity index (χ2v) is 12.0. The quantitative estimate of drug-likeness (QED) is 0.388. The molecule has 4 amide bonds. The molecule has 4 unspecified atom stereocenters. The Morgan fingerprint density at radius 3 is 2.56 bits per heavy atom. The van der Waals surface area contributed by atoms with Crippen molar-refractivity contribution in [3.05, 3.63) is 12.2 Å². The minimum absolute atomic E-state index is 0.222. The van der Waals surface area contributed by atoms with E-state index < -0.39 is 51.3 Å². The number of alkyl carbamates (subject to hydrolysis) is 1. The van der Waals surface area contributed by atoms with Crippen LogP contribution in [-0.4, -0.2) is 66.9 Å². The predicted octanol–water partition coefficient (Wildman–Crippen LogP) is 0.586. The van der Waals surface area contributed by atoms with Crippen LogP contribution < -0.4 is 20.5 Å². The van der Waals surface area contributed by atoms with Gasteiger partial charge in [0.25, 0.3) is 16.1 Å². The first kappa shape index (κ1) is 27.9. The van der Waals surface area contributed by atoms with Crippen molar-refractivity contribution in [2.75, 3.05) is 6.54 Å². The van der Waals surface area contributed by atoms with Crippen molar-refractivity contribution >= 4 is 34.0 Å². The van der Waals surface area contributed by atoms with Crippen LogP contribution in [0.15, 0.2) is 12.2 Å². The number of fused-ring (bicyclic) bond motifs is 2. The van der Waals surface area contributed by atoms with Gasteiger partial charge in [0.05, 0.1) is 0 Å². The fraction of sp³-hybridized carbons (Fsp3) is 0.739. The number of nitrogens with one attached hydrogen (secondary N) is 3. The number of hydrogen-bond acceptors (Lipinski definition) is 7. The summed E-state index contributed by atoms with van der Waals surface area (Å²) in [5.41, 5.74) is -2.19. The summed E-state index contributed by atoms with van der Waals surface area (Å²) in [6.45, 7) is 5.51. The predicted molar refractivity (Wildman–Crippen MR) is 130 cm³/mol. The molecule has 0 aromatic rings. The molecule has 13 heteroatoms. The summed E-state index contributed by atoms with van der Waals surface area (Å²) in [5.74, 6) is -2.23. The largest absolute Gasteiger partial charge is 0.444 e. The van der Waals surface area contributed by atoms with Gasteiger partial charge < -0.3 is 20.3 Å². The Hall–Kier alpha value is -2.67. The minimum Gasteiger partial charge on any atom is -0.444 e. The van der Waals surface area contributed by atoms with E-state index in [9.17, 15) is 27.6 Å². The van der Waals surface area contributed by atoms with Crippen LogP contribution in [-0.2, 0) is 29.3 Å². The summed E-state index contributed by atoms with van der Waals surface area (Å²) in [4.78, 5) is 53.5. The van der Waals surface area contributed by atoms with Crippen molar-refractivity contribution in [2.45, 2.75) is 95.4 Å². The number of nitrogens with zero attached hydrogens (tertiary/aromatic N) is 1. The molecule has 0 radical (unpaired) electrons. The molecule has 1 saturated heterocycles. The van der Waals surface area contributed by atoms with Crippen molar-refractivity contribution in [3.8, 4) is 0 Å². The van der Waals surface area contributed by atoms with E-state index in [0.29, 0.717) is 38.6 Å². The fourth-order valence-corrected chi connectivity index (χ4v) is 5.20. The van der Waals surface area contributed by atoms with Gasteiger partial charge in [-0.05, 0) is 59.3 Å². The highest BCUT2D eigenvalue weighted by molar-refractivity contribution is 7.87. The van der Waals surface area contributed by atoms with Crippen molar-refractivity contribution in [1.29, 1.82) is 0 Å². The molecule has 2 fully saturated rings. The van der Waals surface area contributed by atoms with E-state index in [4.69, 9.17) is 9.88 Å². The second kappa shape index (κ2) is 10.8. The maximum Gasteiger partial charge on any atom is 0.408 e. The first-order valence-electron chi connectivity index (χ1n) is 12.4. The molecule has 202 valence electrons. The van der Waals surface area contributed by atoms with Gasteiger partial charge in [-0.3, -0.25) is 14.4 Å². The summed E-state index contributed by atoms with van der Waals surface area (Å²) in [6, 6.07) is -1.71. The number of allylic oxidation sites excluding steroid dienone is 1. The number of rotatable bonds is 3. The molecule has 36 heavy (non-hydrogen) atoms. The lowest BCUT2D eigenvalue weighted by atomic mass is 10.0. The van der Waals surface area contributed by atoms with Crippen LogP contribution in [0.2, 0.25) is 0 Å². The zero-order valence-electron chi connectivity index (χ0n) is 21.0. The molecule has 4 atom stereocenters. The molecule has 5 N–H and O–H groups in total. The minimum atomic E-state index is -4.32. The van der Waals surface area contributed by atoms with Gasteiger partial charge in [0.15, 0.2) is 0 Å². The van der Waals surface area contributed by atoms with Crippen molar-refractivity contribution < 1.29 is 32.3 Å². The molecule has 3 rings (SSSR count). The molecule has 1 saturated carbocycles. The number of carbonyl (C=O) groups is 4. The number of nitrogens with two attached hydrogens (primary N) is 1. The number of ether oxygens (including phenoxy) is 1. The lowest BCUT2D eigenvalue weighted by molar-refractivity contribution is -0.141.